The highest BCUT2D eigenvalue weighted by Crippen LogP contribution is 2.38. The van der Waals surface area contributed by atoms with Crippen molar-refractivity contribution in [2.24, 2.45) is 11.8 Å². The van der Waals surface area contributed by atoms with Crippen LogP contribution in [0.2, 0.25) is 0 Å². The molecule has 3 nitrogen and oxygen atoms in total. The third-order valence-electron chi connectivity index (χ3n) is 6.98. The van der Waals surface area contributed by atoms with Crippen molar-refractivity contribution >= 4 is 31.7 Å². The van der Waals surface area contributed by atoms with Crippen molar-refractivity contribution in [3.8, 4) is 0 Å². The smallest absolute Gasteiger partial charge is 0.246 e. The van der Waals surface area contributed by atoms with E-state index in [1.807, 2.05) is 44.2 Å². The van der Waals surface area contributed by atoms with Crippen LogP contribution in [0, 0.1) is 35.1 Å². The summed E-state index contributed by atoms with van der Waals surface area (Å²) in [5.41, 5.74) is 1.20. The van der Waals surface area contributed by atoms with Crippen LogP contribution in [0.15, 0.2) is 40.1 Å². The first-order valence-corrected chi connectivity index (χ1v) is 16.9. The van der Waals surface area contributed by atoms with Gasteiger partial charge >= 0.3 is 0 Å². The number of hydrogen-bond acceptors (Lipinski definition) is 4. The lowest BCUT2D eigenvalue weighted by Crippen LogP contribution is -2.29. The second-order valence-electron chi connectivity index (χ2n) is 9.96. The molecule has 10 heteroatoms. The van der Waals surface area contributed by atoms with E-state index >= 15 is 0 Å². The number of benzene rings is 2. The molecule has 0 spiro atoms. The van der Waals surface area contributed by atoms with Gasteiger partial charge in [-0.2, -0.15) is 0 Å². The maximum atomic E-state index is 14.2. The van der Waals surface area contributed by atoms with E-state index in [2.05, 4.69) is 6.92 Å². The van der Waals surface area contributed by atoms with Gasteiger partial charge in [0.2, 0.25) is 0 Å². The second-order valence-corrected chi connectivity index (χ2v) is 13.6. The summed E-state index contributed by atoms with van der Waals surface area (Å²) in [7, 11) is -0.0952. The fourth-order valence-corrected chi connectivity index (χ4v) is 6.83. The van der Waals surface area contributed by atoms with Crippen LogP contribution in [-0.2, 0) is 15.5 Å². The third kappa shape index (κ3) is 10.6. The summed E-state index contributed by atoms with van der Waals surface area (Å²) in [4.78, 5) is -2.73. The van der Waals surface area contributed by atoms with Gasteiger partial charge in [0.1, 0.15) is 4.90 Å². The molecule has 2 aliphatic rings. The Morgan fingerprint density at radius 2 is 1.31 bits per heavy atom. The molecule has 0 radical (unpaired) electrons. The van der Waals surface area contributed by atoms with E-state index in [0.717, 1.165) is 25.2 Å². The largest absolute Gasteiger partial charge is 0.267 e. The average Bonchev–Trinajstić information content (AvgIpc) is 2.90. The van der Waals surface area contributed by atoms with Crippen LogP contribution in [0.1, 0.15) is 84.1 Å². The van der Waals surface area contributed by atoms with Gasteiger partial charge in [0.05, 0.1) is 0 Å². The number of hydrogen-bond donors (Lipinski definition) is 0. The summed E-state index contributed by atoms with van der Waals surface area (Å²) in [6.07, 6.45) is 12.8. The molecule has 1 saturated carbocycles. The topological polar surface area (TPSA) is 37.4 Å². The molecule has 1 aliphatic heterocycles. The number of nitrogens with zero attached hydrogens (tertiary/aromatic N) is 1. The van der Waals surface area contributed by atoms with Crippen LogP contribution in [-0.4, -0.2) is 25.8 Å². The van der Waals surface area contributed by atoms with Gasteiger partial charge in [-0.1, -0.05) is 96.0 Å². The molecule has 1 heterocycles. The van der Waals surface area contributed by atoms with Crippen molar-refractivity contribution in [2.75, 3.05) is 13.1 Å². The highest BCUT2D eigenvalue weighted by Gasteiger charge is 2.33. The Hall–Kier alpha value is -1.29. The summed E-state index contributed by atoms with van der Waals surface area (Å²) in [5.74, 6) is -6.16. The van der Waals surface area contributed by atoms with Gasteiger partial charge in [0.15, 0.2) is 28.2 Å². The maximum absolute atomic E-state index is 14.2. The van der Waals surface area contributed by atoms with Gasteiger partial charge in [-0.15, -0.1) is 0 Å². The number of piperidine rings is 1. The Morgan fingerprint density at radius 3 is 1.79 bits per heavy atom. The first-order valence-electron chi connectivity index (χ1n) is 13.8. The lowest BCUT2D eigenvalue weighted by Gasteiger charge is -2.31. The first-order chi connectivity index (χ1) is 18.6. The summed E-state index contributed by atoms with van der Waals surface area (Å²) in [5, 5.41) is 0. The Balaban J connectivity index is 0.000000407. The summed E-state index contributed by atoms with van der Waals surface area (Å²) < 4.78 is 80.4. The molecule has 0 unspecified atom stereocenters. The van der Waals surface area contributed by atoms with Gasteiger partial charge < -0.3 is 0 Å². The molecule has 2 aromatic rings. The molecular formula is C29H40ClF4NO2S2. The van der Waals surface area contributed by atoms with Gasteiger partial charge in [0.25, 0.3) is 9.05 Å². The number of rotatable bonds is 5. The van der Waals surface area contributed by atoms with E-state index in [0.29, 0.717) is 31.0 Å². The van der Waals surface area contributed by atoms with E-state index in [9.17, 15) is 26.0 Å². The van der Waals surface area contributed by atoms with Crippen LogP contribution in [0.25, 0.3) is 0 Å². The minimum absolute atomic E-state index is 0.395. The Morgan fingerprint density at radius 1 is 0.821 bits per heavy atom. The van der Waals surface area contributed by atoms with Gasteiger partial charge in [-0.3, -0.25) is 0 Å². The highest BCUT2D eigenvalue weighted by molar-refractivity contribution is 8.13. The number of halogens is 5. The van der Waals surface area contributed by atoms with E-state index in [-0.39, 0.29) is 0 Å². The Bertz CT molecular complexity index is 1090. The third-order valence-corrected chi connectivity index (χ3v) is 9.45. The lowest BCUT2D eigenvalue weighted by atomic mass is 9.91. The van der Waals surface area contributed by atoms with Gasteiger partial charge in [0, 0.05) is 23.8 Å². The van der Waals surface area contributed by atoms with Crippen LogP contribution in [0.5, 0.6) is 0 Å². The molecule has 1 saturated heterocycles. The first kappa shape index (κ1) is 33.9. The fraction of sp³-hybridized carbons (Fsp3) is 0.586. The molecule has 220 valence electrons. The molecule has 2 fully saturated rings. The van der Waals surface area contributed by atoms with Gasteiger partial charge in [-0.25, -0.2) is 30.3 Å². The quantitative estimate of drug-likeness (QED) is 0.146. The minimum atomic E-state index is -4.98. The van der Waals surface area contributed by atoms with E-state index in [4.69, 9.17) is 10.7 Å². The molecule has 2 aromatic carbocycles. The van der Waals surface area contributed by atoms with Gasteiger partial charge in [-0.05, 0) is 48.6 Å². The SMILES string of the molecule is CC.CC1CCCCCCC1.O=S(=O)(Cl)c1c(F)c(F)c(SN2CCC(Cc3ccccc3)CC2)c(F)c1F. The predicted octanol–water partition coefficient (Wildman–Crippen LogP) is 9.53. The normalized spacial score (nSPS) is 17.7. The Kier molecular flexibility index (Phi) is 14.7. The van der Waals surface area contributed by atoms with E-state index in [1.165, 1.54) is 50.5 Å². The molecule has 1 aliphatic carbocycles. The molecule has 0 atom stereocenters. The molecular weight excluding hydrogens is 570 g/mol. The van der Waals surface area contributed by atoms with Crippen LogP contribution in [0.4, 0.5) is 17.6 Å². The zero-order chi connectivity index (χ0) is 29.0. The lowest BCUT2D eigenvalue weighted by molar-refractivity contribution is 0.289. The summed E-state index contributed by atoms with van der Waals surface area (Å²) in [6.45, 7) is 7.34. The fourth-order valence-electron chi connectivity index (χ4n) is 4.83. The molecule has 4 rings (SSSR count). The van der Waals surface area contributed by atoms with Crippen LogP contribution in [0.3, 0.4) is 0 Å². The van der Waals surface area contributed by atoms with Crippen LogP contribution >= 0.6 is 22.6 Å². The summed E-state index contributed by atoms with van der Waals surface area (Å²) >= 11 is 0.539. The average molecular weight is 610 g/mol. The zero-order valence-corrected chi connectivity index (χ0v) is 25.4. The van der Waals surface area contributed by atoms with Crippen molar-refractivity contribution in [3.05, 3.63) is 59.2 Å². The van der Waals surface area contributed by atoms with Crippen LogP contribution < -0.4 is 0 Å². The molecule has 39 heavy (non-hydrogen) atoms. The maximum Gasteiger partial charge on any atom is 0.267 e. The highest BCUT2D eigenvalue weighted by atomic mass is 35.7. The molecule has 0 bridgehead atoms. The van der Waals surface area contributed by atoms with Crippen molar-refractivity contribution in [2.45, 2.75) is 94.8 Å². The second kappa shape index (κ2) is 16.8. The van der Waals surface area contributed by atoms with E-state index < -0.39 is 42.1 Å². The standard InChI is InChI=1S/C18H16ClF4NO2S2.C9H18.C2H6/c19-28(25,26)18-15(22)13(20)17(14(21)16(18)23)27-24-8-6-12(7-9-24)10-11-4-2-1-3-5-11;1-9-7-5-3-2-4-6-8-9;1-2/h1-5,12H,6-10H2;9H,2-8H2,1H3;1-2H3. The molecule has 0 aromatic heterocycles. The zero-order valence-electron chi connectivity index (χ0n) is 23.0. The predicted molar refractivity (Wildman–Crippen MR) is 152 cm³/mol. The van der Waals surface area contributed by atoms with Crippen molar-refractivity contribution < 1.29 is 26.0 Å². The Labute approximate surface area is 240 Å². The van der Waals surface area contributed by atoms with E-state index in [1.54, 1.807) is 4.31 Å². The monoisotopic (exact) mass is 609 g/mol. The van der Waals surface area contributed by atoms with Crippen molar-refractivity contribution in [1.82, 2.24) is 4.31 Å². The molecule has 0 amide bonds. The minimum Gasteiger partial charge on any atom is -0.246 e. The molecule has 0 N–H and O–H groups in total. The van der Waals surface area contributed by atoms with Crippen molar-refractivity contribution in [1.29, 1.82) is 0 Å². The van der Waals surface area contributed by atoms with Crippen molar-refractivity contribution in [3.63, 3.8) is 0 Å². The summed E-state index contributed by atoms with van der Waals surface area (Å²) in [6, 6.07) is 9.91.